The smallest absolute Gasteiger partial charge is 0.335 e. The summed E-state index contributed by atoms with van der Waals surface area (Å²) in [4.78, 5) is 22.7. The number of benzene rings is 1. The van der Waals surface area contributed by atoms with Crippen molar-refractivity contribution in [3.63, 3.8) is 0 Å². The van der Waals surface area contributed by atoms with Crippen molar-refractivity contribution in [3.05, 3.63) is 29.8 Å². The van der Waals surface area contributed by atoms with Crippen LogP contribution in [0.2, 0.25) is 0 Å². The molecule has 1 aliphatic carbocycles. The minimum Gasteiger partial charge on any atom is -0.495 e. The first-order valence-corrected chi connectivity index (χ1v) is 9.67. The summed E-state index contributed by atoms with van der Waals surface area (Å²) >= 11 is 0. The lowest BCUT2D eigenvalue weighted by Gasteiger charge is -2.39. The molecule has 0 radical (unpaired) electrons. The summed E-state index contributed by atoms with van der Waals surface area (Å²) in [5, 5.41) is 38.7. The largest absolute Gasteiger partial charge is 0.495 e. The van der Waals surface area contributed by atoms with Gasteiger partial charge in [0.1, 0.15) is 22.9 Å². The van der Waals surface area contributed by atoms with Gasteiger partial charge in [-0.2, -0.15) is 8.42 Å². The molecule has 12 heteroatoms. The average Bonchev–Trinajstić information content (AvgIpc) is 2.63. The Morgan fingerprint density at radius 2 is 1.90 bits per heavy atom. The maximum atomic E-state index is 12.0. The van der Waals surface area contributed by atoms with Gasteiger partial charge in [-0.15, -0.1) is 0 Å². The van der Waals surface area contributed by atoms with Gasteiger partial charge in [0.15, 0.2) is 5.60 Å². The Bertz CT molecular complexity index is 923. The minimum absolute atomic E-state index is 0.166. The van der Waals surface area contributed by atoms with Crippen LogP contribution in [0.4, 0.5) is 0 Å². The third-order valence-corrected chi connectivity index (χ3v) is 5.30. The quantitative estimate of drug-likeness (QED) is 0.215. The van der Waals surface area contributed by atoms with Gasteiger partial charge in [-0.25, -0.2) is 9.59 Å². The minimum atomic E-state index is -4.51. The van der Waals surface area contributed by atoms with Crippen molar-refractivity contribution in [1.82, 2.24) is 0 Å². The molecule has 1 aromatic carbocycles. The molecule has 0 saturated heterocycles. The van der Waals surface area contributed by atoms with E-state index in [1.54, 1.807) is 0 Å². The van der Waals surface area contributed by atoms with Crippen molar-refractivity contribution in [2.24, 2.45) is 0 Å². The molecule has 0 bridgehead atoms. The Hall–Kier alpha value is -2.51. The van der Waals surface area contributed by atoms with E-state index in [0.29, 0.717) is 5.56 Å². The molecule has 5 N–H and O–H groups in total. The number of aliphatic hydroxyl groups is 3. The number of esters is 1. The second-order valence-corrected chi connectivity index (χ2v) is 7.89. The van der Waals surface area contributed by atoms with Crippen molar-refractivity contribution >= 4 is 28.1 Å². The summed E-state index contributed by atoms with van der Waals surface area (Å²) < 4.78 is 41.4. The third-order valence-electron chi connectivity index (χ3n) is 4.40. The second-order valence-electron chi connectivity index (χ2n) is 6.50. The molecule has 0 amide bonds. The number of carbonyl (C=O) groups excluding carboxylic acids is 1. The van der Waals surface area contributed by atoms with Gasteiger partial charge in [0.05, 0.1) is 13.2 Å². The number of aliphatic hydroxyl groups excluding tert-OH is 2. The predicted molar refractivity (Wildman–Crippen MR) is 95.6 cm³/mol. The van der Waals surface area contributed by atoms with Gasteiger partial charge < -0.3 is 29.9 Å². The van der Waals surface area contributed by atoms with Crippen molar-refractivity contribution < 1.29 is 52.5 Å². The molecule has 11 nitrogen and oxygen atoms in total. The van der Waals surface area contributed by atoms with Crippen LogP contribution in [0, 0.1) is 0 Å². The fourth-order valence-corrected chi connectivity index (χ4v) is 3.53. The van der Waals surface area contributed by atoms with Crippen LogP contribution >= 0.6 is 0 Å². The summed E-state index contributed by atoms with van der Waals surface area (Å²) in [6, 6.07) is 3.57. The van der Waals surface area contributed by atoms with E-state index in [2.05, 4.69) is 0 Å². The van der Waals surface area contributed by atoms with Crippen LogP contribution in [0.3, 0.4) is 0 Å². The van der Waals surface area contributed by atoms with Gasteiger partial charge in [0.2, 0.25) is 0 Å². The number of hydrogen-bond donors (Lipinski definition) is 5. The lowest BCUT2D eigenvalue weighted by Crippen LogP contribution is -2.57. The summed E-state index contributed by atoms with van der Waals surface area (Å²) in [5.74, 6) is -2.79. The first kappa shape index (κ1) is 22.8. The molecule has 1 fully saturated rings. The Kier molecular flexibility index (Phi) is 6.65. The molecule has 0 unspecified atom stereocenters. The number of carboxylic acid groups (broad SMARTS) is 1. The van der Waals surface area contributed by atoms with Gasteiger partial charge in [0, 0.05) is 18.9 Å². The molecular formula is C17H20O11S. The van der Waals surface area contributed by atoms with Crippen molar-refractivity contribution in [3.8, 4) is 5.75 Å². The molecule has 29 heavy (non-hydrogen) atoms. The number of hydrogen-bond acceptors (Lipinski definition) is 9. The second kappa shape index (κ2) is 8.47. The molecular weight excluding hydrogens is 412 g/mol. The van der Waals surface area contributed by atoms with Gasteiger partial charge in [-0.05, 0) is 23.8 Å². The Morgan fingerprint density at radius 3 is 2.45 bits per heavy atom. The van der Waals surface area contributed by atoms with Crippen LogP contribution in [0.15, 0.2) is 29.2 Å². The highest BCUT2D eigenvalue weighted by molar-refractivity contribution is 7.86. The third kappa shape index (κ3) is 5.31. The highest BCUT2D eigenvalue weighted by Crippen LogP contribution is 2.31. The van der Waals surface area contributed by atoms with E-state index in [1.165, 1.54) is 25.3 Å². The zero-order valence-electron chi connectivity index (χ0n) is 15.1. The van der Waals surface area contributed by atoms with Crippen LogP contribution in [-0.4, -0.2) is 76.4 Å². The summed E-state index contributed by atoms with van der Waals surface area (Å²) in [7, 11) is -3.32. The highest BCUT2D eigenvalue weighted by Gasteiger charge is 2.50. The van der Waals surface area contributed by atoms with Gasteiger partial charge in [-0.1, -0.05) is 6.07 Å². The summed E-state index contributed by atoms with van der Waals surface area (Å²) in [6.45, 7) is 0. The number of carbonyl (C=O) groups is 2. The molecule has 0 aromatic heterocycles. The molecule has 2 rings (SSSR count). The molecule has 160 valence electrons. The molecule has 4 atom stereocenters. The molecule has 0 aliphatic heterocycles. The number of carboxylic acids is 1. The van der Waals surface area contributed by atoms with E-state index in [9.17, 15) is 33.3 Å². The summed E-state index contributed by atoms with van der Waals surface area (Å²) in [6.07, 6.45) is -3.76. The molecule has 1 aromatic rings. The normalized spacial score (nSPS) is 27.6. The van der Waals surface area contributed by atoms with E-state index in [4.69, 9.17) is 19.1 Å². The van der Waals surface area contributed by atoms with E-state index >= 15 is 0 Å². The van der Waals surface area contributed by atoms with Crippen LogP contribution in [0.1, 0.15) is 18.4 Å². The molecule has 1 aliphatic rings. The topological polar surface area (TPSA) is 188 Å². The van der Waals surface area contributed by atoms with Crippen molar-refractivity contribution in [2.75, 3.05) is 7.11 Å². The lowest BCUT2D eigenvalue weighted by molar-refractivity contribution is -0.196. The van der Waals surface area contributed by atoms with Crippen LogP contribution in [0.25, 0.3) is 6.08 Å². The zero-order chi connectivity index (χ0) is 22.0. The number of ether oxygens (including phenoxy) is 2. The molecule has 0 heterocycles. The Balaban J connectivity index is 2.14. The number of aliphatic carboxylic acids is 1. The Labute approximate surface area is 165 Å². The Morgan fingerprint density at radius 1 is 1.24 bits per heavy atom. The van der Waals surface area contributed by atoms with Crippen LogP contribution in [0.5, 0.6) is 5.75 Å². The fourth-order valence-electron chi connectivity index (χ4n) is 2.89. The van der Waals surface area contributed by atoms with Gasteiger partial charge >= 0.3 is 11.9 Å². The number of methoxy groups -OCH3 is 1. The van der Waals surface area contributed by atoms with E-state index in [1.807, 2.05) is 0 Å². The van der Waals surface area contributed by atoms with E-state index in [0.717, 1.165) is 12.1 Å². The highest BCUT2D eigenvalue weighted by atomic mass is 32.2. The van der Waals surface area contributed by atoms with Crippen molar-refractivity contribution in [2.45, 2.75) is 41.7 Å². The standard InChI is InChI=1S/C17H20O11S/c1-27-11-6-9(2-4-13(11)29(24,25)26)3-5-14(19)28-12-8-17(23,16(21)22)7-10(18)15(12)20/h2-6,10,12,15,18,20,23H,7-8H2,1H3,(H,21,22)(H,24,25,26)/b5-3+/t10-,12-,15-,17+/m1/s1. The molecule has 1 saturated carbocycles. The van der Waals surface area contributed by atoms with Gasteiger partial charge in [-0.3, -0.25) is 4.55 Å². The number of rotatable bonds is 6. The summed E-state index contributed by atoms with van der Waals surface area (Å²) in [5.41, 5.74) is -2.05. The maximum absolute atomic E-state index is 12.0. The fraction of sp³-hybridized carbons (Fsp3) is 0.412. The first-order chi connectivity index (χ1) is 13.4. The SMILES string of the molecule is COc1cc(/C=C/C(=O)O[C@@H]2C[C@](O)(C(=O)O)C[C@@H](O)[C@H]2O)ccc1S(=O)(=O)O. The predicted octanol–water partition coefficient (Wildman–Crippen LogP) is -0.802. The monoisotopic (exact) mass is 432 g/mol. The van der Waals surface area contributed by atoms with E-state index in [-0.39, 0.29) is 5.75 Å². The van der Waals surface area contributed by atoms with E-state index < -0.39 is 63.7 Å². The van der Waals surface area contributed by atoms with Crippen LogP contribution < -0.4 is 4.74 Å². The maximum Gasteiger partial charge on any atom is 0.335 e. The van der Waals surface area contributed by atoms with Crippen LogP contribution in [-0.2, 0) is 24.4 Å². The lowest BCUT2D eigenvalue weighted by atomic mass is 9.79. The average molecular weight is 432 g/mol. The van der Waals surface area contributed by atoms with Crippen molar-refractivity contribution in [1.29, 1.82) is 0 Å². The molecule has 0 spiro atoms. The zero-order valence-corrected chi connectivity index (χ0v) is 15.9. The first-order valence-electron chi connectivity index (χ1n) is 8.23. The van der Waals surface area contributed by atoms with Gasteiger partial charge in [0.25, 0.3) is 10.1 Å².